The number of benzene rings is 1. The van der Waals surface area contributed by atoms with Crippen LogP contribution in [-0.2, 0) is 17.8 Å². The van der Waals surface area contributed by atoms with E-state index in [9.17, 15) is 9.59 Å². The molecular weight excluding hydrogens is 318 g/mol. The van der Waals surface area contributed by atoms with Crippen molar-refractivity contribution >= 4 is 17.5 Å². The summed E-state index contributed by atoms with van der Waals surface area (Å²) in [6.45, 7) is 4.51. The number of rotatable bonds is 3. The molecule has 1 aromatic carbocycles. The van der Waals surface area contributed by atoms with E-state index < -0.39 is 0 Å². The third kappa shape index (κ3) is 2.93. The van der Waals surface area contributed by atoms with Crippen molar-refractivity contribution in [3.63, 3.8) is 0 Å². The Kier molecular flexibility index (Phi) is 4.05. The van der Waals surface area contributed by atoms with Crippen LogP contribution in [0.3, 0.4) is 0 Å². The molecule has 0 aliphatic carbocycles. The highest BCUT2D eigenvalue weighted by atomic mass is 16.3. The smallest absolute Gasteiger partial charge is 0.290 e. The minimum Gasteiger partial charge on any atom is -0.459 e. The Morgan fingerprint density at radius 3 is 3.00 bits per heavy atom. The van der Waals surface area contributed by atoms with Crippen molar-refractivity contribution in [2.24, 2.45) is 0 Å². The number of carbonyl (C=O) groups is 2. The van der Waals surface area contributed by atoms with Crippen LogP contribution in [0.2, 0.25) is 0 Å². The number of fused-ring (bicyclic) bond motifs is 1. The van der Waals surface area contributed by atoms with Gasteiger partial charge in [-0.15, -0.1) is 0 Å². The van der Waals surface area contributed by atoms with Gasteiger partial charge in [0.25, 0.3) is 5.91 Å². The molecule has 4 rings (SSSR count). The summed E-state index contributed by atoms with van der Waals surface area (Å²) in [4.78, 5) is 28.7. The Morgan fingerprint density at radius 2 is 2.16 bits per heavy atom. The first-order chi connectivity index (χ1) is 12.1. The van der Waals surface area contributed by atoms with Crippen molar-refractivity contribution in [1.29, 1.82) is 0 Å². The van der Waals surface area contributed by atoms with Crippen molar-refractivity contribution < 1.29 is 14.0 Å². The number of nitrogens with one attached hydrogen (secondary N) is 1. The topological polar surface area (TPSA) is 65.8 Å². The lowest BCUT2D eigenvalue weighted by atomic mass is 10.1. The molecule has 2 aliphatic heterocycles. The maximum absolute atomic E-state index is 12.8. The van der Waals surface area contributed by atoms with Gasteiger partial charge in [-0.3, -0.25) is 9.59 Å². The van der Waals surface area contributed by atoms with Gasteiger partial charge in [0.2, 0.25) is 5.91 Å². The Labute approximate surface area is 146 Å². The molecule has 1 unspecified atom stereocenters. The van der Waals surface area contributed by atoms with Gasteiger partial charge in [-0.25, -0.2) is 0 Å². The summed E-state index contributed by atoms with van der Waals surface area (Å²) in [6, 6.07) is 9.83. The Hall–Kier alpha value is -2.60. The van der Waals surface area contributed by atoms with Crippen LogP contribution in [0.5, 0.6) is 0 Å². The summed E-state index contributed by atoms with van der Waals surface area (Å²) < 4.78 is 5.50. The SMILES string of the molecule is CC1CN(C(=O)c2occc2CN2C(=O)Cc3ccccc32)CCN1. The molecule has 0 radical (unpaired) electrons. The second kappa shape index (κ2) is 6.37. The molecule has 0 saturated carbocycles. The van der Waals surface area contributed by atoms with Gasteiger partial charge in [-0.2, -0.15) is 0 Å². The molecule has 1 N–H and O–H groups in total. The van der Waals surface area contributed by atoms with Gasteiger partial charge in [0, 0.05) is 36.9 Å². The Balaban J connectivity index is 1.56. The quantitative estimate of drug-likeness (QED) is 0.926. The summed E-state index contributed by atoms with van der Waals surface area (Å²) in [6.07, 6.45) is 1.94. The average Bonchev–Trinajstić information content (AvgIpc) is 3.19. The van der Waals surface area contributed by atoms with Crippen molar-refractivity contribution in [2.45, 2.75) is 25.9 Å². The number of furan rings is 1. The van der Waals surface area contributed by atoms with E-state index in [4.69, 9.17) is 4.42 Å². The normalized spacial score (nSPS) is 20.0. The van der Waals surface area contributed by atoms with Crippen molar-refractivity contribution in [3.05, 3.63) is 53.5 Å². The number of anilines is 1. The second-order valence-corrected chi connectivity index (χ2v) is 6.67. The number of piperazine rings is 1. The molecule has 3 heterocycles. The van der Waals surface area contributed by atoms with E-state index in [2.05, 4.69) is 12.2 Å². The molecule has 1 aromatic heterocycles. The zero-order valence-electron chi connectivity index (χ0n) is 14.2. The van der Waals surface area contributed by atoms with E-state index in [1.807, 2.05) is 29.2 Å². The zero-order valence-corrected chi connectivity index (χ0v) is 14.2. The van der Waals surface area contributed by atoms with E-state index in [0.717, 1.165) is 23.4 Å². The van der Waals surface area contributed by atoms with Crippen LogP contribution in [-0.4, -0.2) is 42.4 Å². The Morgan fingerprint density at radius 1 is 1.32 bits per heavy atom. The fourth-order valence-corrected chi connectivity index (χ4v) is 3.57. The molecule has 6 nitrogen and oxygen atoms in total. The van der Waals surface area contributed by atoms with Crippen LogP contribution in [0, 0.1) is 0 Å². The second-order valence-electron chi connectivity index (χ2n) is 6.67. The average molecular weight is 339 g/mol. The molecule has 2 aliphatic rings. The maximum Gasteiger partial charge on any atom is 0.290 e. The lowest BCUT2D eigenvalue weighted by molar-refractivity contribution is -0.117. The highest BCUT2D eigenvalue weighted by Gasteiger charge is 2.30. The first kappa shape index (κ1) is 15.9. The molecule has 0 bridgehead atoms. The molecular formula is C19H21N3O3. The molecule has 0 spiro atoms. The minimum atomic E-state index is -0.103. The van der Waals surface area contributed by atoms with Gasteiger partial charge < -0.3 is 19.5 Å². The number of carbonyl (C=O) groups excluding carboxylic acids is 2. The number of hydrogen-bond acceptors (Lipinski definition) is 4. The monoisotopic (exact) mass is 339 g/mol. The third-order valence-electron chi connectivity index (χ3n) is 4.85. The summed E-state index contributed by atoms with van der Waals surface area (Å²) in [7, 11) is 0. The van der Waals surface area contributed by atoms with Crippen LogP contribution in [0.15, 0.2) is 41.0 Å². The van der Waals surface area contributed by atoms with E-state index in [0.29, 0.717) is 31.8 Å². The predicted molar refractivity (Wildman–Crippen MR) is 93.4 cm³/mol. The van der Waals surface area contributed by atoms with Crippen molar-refractivity contribution in [3.8, 4) is 0 Å². The fourth-order valence-electron chi connectivity index (χ4n) is 3.57. The Bertz CT molecular complexity index is 814. The van der Waals surface area contributed by atoms with Crippen LogP contribution in [0.25, 0.3) is 0 Å². The van der Waals surface area contributed by atoms with Gasteiger partial charge in [0.05, 0.1) is 19.2 Å². The van der Waals surface area contributed by atoms with Gasteiger partial charge in [-0.05, 0) is 24.6 Å². The van der Waals surface area contributed by atoms with Gasteiger partial charge in [-0.1, -0.05) is 18.2 Å². The molecule has 2 aromatic rings. The fraction of sp³-hybridized carbons (Fsp3) is 0.368. The van der Waals surface area contributed by atoms with E-state index >= 15 is 0 Å². The summed E-state index contributed by atoms with van der Waals surface area (Å²) >= 11 is 0. The van der Waals surface area contributed by atoms with Crippen molar-refractivity contribution in [1.82, 2.24) is 10.2 Å². The highest BCUT2D eigenvalue weighted by Crippen LogP contribution is 2.30. The van der Waals surface area contributed by atoms with E-state index in [1.54, 1.807) is 11.0 Å². The number of para-hydroxylation sites is 1. The number of amides is 2. The minimum absolute atomic E-state index is 0.0524. The lowest BCUT2D eigenvalue weighted by Gasteiger charge is -2.31. The molecule has 130 valence electrons. The van der Waals surface area contributed by atoms with E-state index in [1.165, 1.54) is 6.26 Å². The molecule has 1 saturated heterocycles. The highest BCUT2D eigenvalue weighted by molar-refractivity contribution is 6.01. The summed E-state index contributed by atoms with van der Waals surface area (Å²) in [5.74, 6) is 0.288. The predicted octanol–water partition coefficient (Wildman–Crippen LogP) is 1.80. The van der Waals surface area contributed by atoms with Crippen LogP contribution < -0.4 is 10.2 Å². The standard InChI is InChI=1S/C19H21N3O3/c1-13-11-21(8-7-20-13)19(24)18-15(6-9-25-18)12-22-16-5-3-2-4-14(16)10-17(22)23/h2-6,9,13,20H,7-8,10-12H2,1H3. The lowest BCUT2D eigenvalue weighted by Crippen LogP contribution is -2.51. The number of nitrogens with zero attached hydrogens (tertiary/aromatic N) is 2. The van der Waals surface area contributed by atoms with Crippen LogP contribution in [0.4, 0.5) is 5.69 Å². The molecule has 1 atom stereocenters. The molecule has 25 heavy (non-hydrogen) atoms. The molecule has 2 amide bonds. The first-order valence-electron chi connectivity index (χ1n) is 8.61. The van der Waals surface area contributed by atoms with Gasteiger partial charge in [0.1, 0.15) is 0 Å². The maximum atomic E-state index is 12.8. The first-order valence-corrected chi connectivity index (χ1v) is 8.61. The summed E-state index contributed by atoms with van der Waals surface area (Å²) in [5, 5.41) is 3.32. The van der Waals surface area contributed by atoms with Gasteiger partial charge >= 0.3 is 0 Å². The van der Waals surface area contributed by atoms with Crippen LogP contribution in [0.1, 0.15) is 28.6 Å². The number of hydrogen-bond donors (Lipinski definition) is 1. The zero-order chi connectivity index (χ0) is 17.4. The molecule has 6 heteroatoms. The van der Waals surface area contributed by atoms with Crippen molar-refractivity contribution in [2.75, 3.05) is 24.5 Å². The third-order valence-corrected chi connectivity index (χ3v) is 4.85. The summed E-state index contributed by atoms with van der Waals surface area (Å²) in [5.41, 5.74) is 2.70. The van der Waals surface area contributed by atoms with E-state index in [-0.39, 0.29) is 17.9 Å². The van der Waals surface area contributed by atoms with Gasteiger partial charge in [0.15, 0.2) is 5.76 Å². The largest absolute Gasteiger partial charge is 0.459 e. The van der Waals surface area contributed by atoms with Crippen LogP contribution >= 0.6 is 0 Å². The molecule has 1 fully saturated rings.